The molecule has 0 spiro atoms. The Kier molecular flexibility index (Phi) is 8.51. The van der Waals surface area contributed by atoms with Crippen LogP contribution in [0.5, 0.6) is 0 Å². The van der Waals surface area contributed by atoms with Crippen LogP contribution in [0.1, 0.15) is 0 Å². The first-order valence-electron chi connectivity index (χ1n) is 18.9. The number of aromatic nitrogens is 3. The van der Waals surface area contributed by atoms with Crippen LogP contribution in [-0.2, 0) is 0 Å². The maximum atomic E-state index is 5.37. The van der Waals surface area contributed by atoms with Gasteiger partial charge in [0.05, 0.1) is 22.6 Å². The van der Waals surface area contributed by atoms with E-state index >= 15 is 0 Å². The minimum absolute atomic E-state index is 0.707. The highest BCUT2D eigenvalue weighted by atomic mass is 14.9. The largest absolute Gasteiger partial charge is 0.247 e. The molecule has 0 saturated carbocycles. The van der Waals surface area contributed by atoms with Crippen molar-refractivity contribution in [2.75, 3.05) is 0 Å². The van der Waals surface area contributed by atoms with Crippen LogP contribution in [-0.4, -0.2) is 15.0 Å². The summed E-state index contributed by atoms with van der Waals surface area (Å²) in [5.41, 5.74) is 14.8. The quantitative estimate of drug-likeness (QED) is 0.154. The molecule has 2 heterocycles. The van der Waals surface area contributed by atoms with Crippen LogP contribution in [0.25, 0.3) is 100 Å². The fourth-order valence-corrected chi connectivity index (χ4v) is 7.71. The first-order valence-corrected chi connectivity index (χ1v) is 18.9. The van der Waals surface area contributed by atoms with E-state index in [9.17, 15) is 0 Å². The fourth-order valence-electron chi connectivity index (χ4n) is 7.71. The molecule has 0 radical (unpaired) electrons. The minimum Gasteiger partial charge on any atom is -0.247 e. The summed E-state index contributed by atoms with van der Waals surface area (Å²) in [5.74, 6) is 0.707. The zero-order valence-corrected chi connectivity index (χ0v) is 30.5. The molecule has 0 aliphatic rings. The van der Waals surface area contributed by atoms with Crippen molar-refractivity contribution in [2.24, 2.45) is 0 Å². The molecular formula is C53H35N3. The van der Waals surface area contributed by atoms with Gasteiger partial charge in [0.25, 0.3) is 0 Å². The molecule has 0 aliphatic heterocycles. The molecule has 0 saturated heterocycles. The van der Waals surface area contributed by atoms with E-state index in [4.69, 9.17) is 15.0 Å². The van der Waals surface area contributed by atoms with E-state index in [0.717, 1.165) is 77.9 Å². The standard InChI is InChI=1S/C53H35N3/c1-5-16-36(17-6-1)45-28-15-29-47-51(45)46-31-30-43(34-50(46)54-52(47)38-20-9-3-10-21-38)41-25-13-24-40(32-41)42-26-14-27-44(33-42)49-35-48(37-18-7-2-8-19-37)55-53(56-49)39-22-11-4-12-23-39/h1-35H. The Morgan fingerprint density at radius 1 is 0.268 bits per heavy atom. The van der Waals surface area contributed by atoms with E-state index in [1.54, 1.807) is 0 Å². The lowest BCUT2D eigenvalue weighted by atomic mass is 9.91. The molecule has 10 rings (SSSR count). The van der Waals surface area contributed by atoms with E-state index in [-0.39, 0.29) is 0 Å². The Morgan fingerprint density at radius 3 is 1.39 bits per heavy atom. The van der Waals surface area contributed by atoms with Crippen LogP contribution < -0.4 is 0 Å². The average molecular weight is 714 g/mol. The van der Waals surface area contributed by atoms with Crippen LogP contribution in [0.3, 0.4) is 0 Å². The van der Waals surface area contributed by atoms with E-state index < -0.39 is 0 Å². The topological polar surface area (TPSA) is 38.7 Å². The van der Waals surface area contributed by atoms with E-state index in [2.05, 4.69) is 176 Å². The molecule has 0 atom stereocenters. The second-order valence-electron chi connectivity index (χ2n) is 14.0. The van der Waals surface area contributed by atoms with Crippen molar-refractivity contribution in [2.45, 2.75) is 0 Å². The lowest BCUT2D eigenvalue weighted by Gasteiger charge is -2.15. The SMILES string of the molecule is c1ccc(-c2cc(-c3cccc(-c4cccc(-c5ccc6c(c5)nc(-c5ccccc5)c5cccc(-c7ccccc7)c56)c4)c3)nc(-c3ccccc3)n2)cc1. The van der Waals surface area contributed by atoms with Crippen molar-refractivity contribution in [3.05, 3.63) is 212 Å². The Bertz CT molecular complexity index is 2940. The van der Waals surface area contributed by atoms with Crippen molar-refractivity contribution < 1.29 is 0 Å². The van der Waals surface area contributed by atoms with Gasteiger partial charge in [-0.05, 0) is 57.6 Å². The van der Waals surface area contributed by atoms with Gasteiger partial charge in [-0.15, -0.1) is 0 Å². The normalized spacial score (nSPS) is 11.2. The maximum absolute atomic E-state index is 5.37. The summed E-state index contributed by atoms with van der Waals surface area (Å²) < 4.78 is 0. The molecule has 0 aliphatic carbocycles. The third-order valence-corrected chi connectivity index (χ3v) is 10.5. The van der Waals surface area contributed by atoms with Crippen molar-refractivity contribution in [1.29, 1.82) is 0 Å². The molecule has 0 fully saturated rings. The van der Waals surface area contributed by atoms with E-state index in [0.29, 0.717) is 5.82 Å². The molecule has 3 nitrogen and oxygen atoms in total. The van der Waals surface area contributed by atoms with Crippen LogP contribution in [0.15, 0.2) is 212 Å². The molecular weight excluding hydrogens is 679 g/mol. The van der Waals surface area contributed by atoms with Crippen LogP contribution >= 0.6 is 0 Å². The van der Waals surface area contributed by atoms with Crippen molar-refractivity contribution in [1.82, 2.24) is 15.0 Å². The van der Waals surface area contributed by atoms with Gasteiger partial charge in [0.1, 0.15) is 0 Å². The number of hydrogen-bond acceptors (Lipinski definition) is 3. The monoisotopic (exact) mass is 713 g/mol. The number of hydrogen-bond donors (Lipinski definition) is 0. The molecule has 8 aromatic carbocycles. The predicted molar refractivity (Wildman–Crippen MR) is 233 cm³/mol. The fraction of sp³-hybridized carbons (Fsp3) is 0. The molecule has 262 valence electrons. The number of fused-ring (bicyclic) bond motifs is 3. The number of benzene rings is 8. The molecule has 10 aromatic rings. The van der Waals surface area contributed by atoms with Gasteiger partial charge < -0.3 is 0 Å². The summed E-state index contributed by atoms with van der Waals surface area (Å²) in [4.78, 5) is 15.4. The number of rotatable bonds is 7. The highest BCUT2D eigenvalue weighted by molar-refractivity contribution is 6.17. The number of nitrogens with zero attached hydrogens (tertiary/aromatic N) is 3. The van der Waals surface area contributed by atoms with Gasteiger partial charge in [0.2, 0.25) is 0 Å². The minimum atomic E-state index is 0.707. The Morgan fingerprint density at radius 2 is 0.750 bits per heavy atom. The van der Waals surface area contributed by atoms with E-state index in [1.165, 1.54) is 16.5 Å². The third kappa shape index (κ3) is 6.31. The third-order valence-electron chi connectivity index (χ3n) is 10.5. The maximum Gasteiger partial charge on any atom is 0.160 e. The lowest BCUT2D eigenvalue weighted by Crippen LogP contribution is -1.96. The van der Waals surface area contributed by atoms with Crippen molar-refractivity contribution in [3.8, 4) is 78.5 Å². The first-order chi connectivity index (χ1) is 27.7. The van der Waals surface area contributed by atoms with Crippen LogP contribution in [0.4, 0.5) is 0 Å². The summed E-state index contributed by atoms with van der Waals surface area (Å²) in [5, 5.41) is 3.51. The van der Waals surface area contributed by atoms with Crippen molar-refractivity contribution in [3.63, 3.8) is 0 Å². The Balaban J connectivity index is 1.07. The van der Waals surface area contributed by atoms with Gasteiger partial charge in [-0.3, -0.25) is 0 Å². The molecule has 3 heteroatoms. The van der Waals surface area contributed by atoms with E-state index in [1.807, 2.05) is 36.4 Å². The molecule has 56 heavy (non-hydrogen) atoms. The highest BCUT2D eigenvalue weighted by Gasteiger charge is 2.16. The van der Waals surface area contributed by atoms with Gasteiger partial charge in [-0.25, -0.2) is 15.0 Å². The second-order valence-corrected chi connectivity index (χ2v) is 14.0. The predicted octanol–water partition coefficient (Wildman–Crippen LogP) is 13.8. The van der Waals surface area contributed by atoms with Gasteiger partial charge in [-0.2, -0.15) is 0 Å². The average Bonchev–Trinajstić information content (AvgIpc) is 3.29. The molecule has 0 unspecified atom stereocenters. The Hall–Kier alpha value is -7.49. The molecule has 0 bridgehead atoms. The smallest absolute Gasteiger partial charge is 0.160 e. The Labute approximate surface area is 326 Å². The molecule has 0 N–H and O–H groups in total. The number of pyridine rings is 1. The molecule has 2 aromatic heterocycles. The second kappa shape index (κ2) is 14.4. The van der Waals surface area contributed by atoms with Gasteiger partial charge in [0, 0.05) is 38.4 Å². The summed E-state index contributed by atoms with van der Waals surface area (Å²) in [7, 11) is 0. The summed E-state index contributed by atoms with van der Waals surface area (Å²) in [6, 6.07) is 74.5. The molecule has 0 amide bonds. The summed E-state index contributed by atoms with van der Waals surface area (Å²) in [6.45, 7) is 0. The summed E-state index contributed by atoms with van der Waals surface area (Å²) in [6.07, 6.45) is 0. The van der Waals surface area contributed by atoms with Gasteiger partial charge in [0.15, 0.2) is 5.82 Å². The first kappa shape index (κ1) is 33.1. The zero-order chi connectivity index (χ0) is 37.3. The van der Waals surface area contributed by atoms with Crippen molar-refractivity contribution >= 4 is 21.7 Å². The lowest BCUT2D eigenvalue weighted by molar-refractivity contribution is 1.18. The van der Waals surface area contributed by atoms with Gasteiger partial charge in [-0.1, -0.05) is 188 Å². The van der Waals surface area contributed by atoms with Crippen LogP contribution in [0.2, 0.25) is 0 Å². The van der Waals surface area contributed by atoms with Gasteiger partial charge >= 0.3 is 0 Å². The zero-order valence-electron chi connectivity index (χ0n) is 30.5. The summed E-state index contributed by atoms with van der Waals surface area (Å²) >= 11 is 0. The van der Waals surface area contributed by atoms with Crippen LogP contribution in [0, 0.1) is 0 Å². The highest BCUT2D eigenvalue weighted by Crippen LogP contribution is 2.40.